The monoisotopic (exact) mass is 387 g/mol. The summed E-state index contributed by atoms with van der Waals surface area (Å²) in [6.45, 7) is 1.73. The Morgan fingerprint density at radius 1 is 1.04 bits per heavy atom. The third kappa shape index (κ3) is 3.61. The van der Waals surface area contributed by atoms with Crippen LogP contribution in [0.25, 0.3) is 10.8 Å². The summed E-state index contributed by atoms with van der Waals surface area (Å²) in [5.41, 5.74) is 0.379. The SMILES string of the molecule is Cc1ccc([N+](=O)[O-])c(N=Nc2c(O)ccc3c(S(=O)(=O)O)cccc23)c1. The van der Waals surface area contributed by atoms with Gasteiger partial charge in [0, 0.05) is 16.8 Å². The summed E-state index contributed by atoms with van der Waals surface area (Å²) in [4.78, 5) is 10.2. The van der Waals surface area contributed by atoms with Crippen molar-refractivity contribution in [3.05, 3.63) is 64.2 Å². The topological polar surface area (TPSA) is 142 Å². The molecule has 0 fully saturated rings. The van der Waals surface area contributed by atoms with E-state index in [0.717, 1.165) is 5.56 Å². The minimum absolute atomic E-state index is 0.0117. The number of benzene rings is 3. The molecule has 3 aromatic rings. The van der Waals surface area contributed by atoms with Crippen LogP contribution < -0.4 is 0 Å². The van der Waals surface area contributed by atoms with Gasteiger partial charge in [-0.1, -0.05) is 18.2 Å². The van der Waals surface area contributed by atoms with Gasteiger partial charge in [-0.15, -0.1) is 10.2 Å². The maximum atomic E-state index is 11.5. The molecule has 2 N–H and O–H groups in total. The van der Waals surface area contributed by atoms with Crippen LogP contribution in [0.3, 0.4) is 0 Å². The third-order valence-electron chi connectivity index (χ3n) is 3.83. The number of rotatable bonds is 4. The number of phenols is 1. The zero-order valence-electron chi connectivity index (χ0n) is 13.9. The first-order valence-corrected chi connectivity index (χ1v) is 9.01. The molecule has 0 aliphatic heterocycles. The molecule has 0 spiro atoms. The van der Waals surface area contributed by atoms with Crippen LogP contribution >= 0.6 is 0 Å². The van der Waals surface area contributed by atoms with Gasteiger partial charge in [0.25, 0.3) is 15.8 Å². The van der Waals surface area contributed by atoms with Gasteiger partial charge in [0.1, 0.15) is 16.3 Å². The van der Waals surface area contributed by atoms with Crippen LogP contribution in [0.4, 0.5) is 17.1 Å². The first-order chi connectivity index (χ1) is 12.7. The normalized spacial score (nSPS) is 11.9. The lowest BCUT2D eigenvalue weighted by Crippen LogP contribution is -1.98. The summed E-state index contributed by atoms with van der Waals surface area (Å²) in [7, 11) is -4.49. The second-order valence-electron chi connectivity index (χ2n) is 5.71. The van der Waals surface area contributed by atoms with Gasteiger partial charge in [-0.3, -0.25) is 14.7 Å². The van der Waals surface area contributed by atoms with Crippen LogP contribution in [0, 0.1) is 17.0 Å². The summed E-state index contributed by atoms with van der Waals surface area (Å²) in [6.07, 6.45) is 0. The lowest BCUT2D eigenvalue weighted by Gasteiger charge is -2.07. The van der Waals surface area contributed by atoms with E-state index in [1.807, 2.05) is 0 Å². The zero-order valence-corrected chi connectivity index (χ0v) is 14.7. The van der Waals surface area contributed by atoms with Gasteiger partial charge in [0.2, 0.25) is 0 Å². The fourth-order valence-electron chi connectivity index (χ4n) is 2.60. The molecule has 9 nitrogen and oxygen atoms in total. The molecule has 0 amide bonds. The zero-order chi connectivity index (χ0) is 19.8. The average Bonchev–Trinajstić information content (AvgIpc) is 2.59. The molecule has 0 bridgehead atoms. The Bertz CT molecular complexity index is 1200. The highest BCUT2D eigenvalue weighted by Crippen LogP contribution is 2.39. The number of aryl methyl sites for hydroxylation is 1. The number of phenolic OH excluding ortho intramolecular Hbond substituents is 1. The minimum Gasteiger partial charge on any atom is -0.506 e. The molecule has 0 aliphatic carbocycles. The van der Waals surface area contributed by atoms with Crippen LogP contribution in [-0.4, -0.2) is 23.0 Å². The number of fused-ring (bicyclic) bond motifs is 1. The van der Waals surface area contributed by atoms with Crippen molar-refractivity contribution in [2.24, 2.45) is 10.2 Å². The standard InChI is InChI=1S/C17H13N3O6S/c1-10-5-7-14(20(22)23)13(9-10)18-19-17-12-3-2-4-16(27(24,25)26)11(12)6-8-15(17)21/h2-9,21H,1H3,(H,24,25,26). The van der Waals surface area contributed by atoms with E-state index in [0.29, 0.717) is 0 Å². The molecule has 138 valence electrons. The van der Waals surface area contributed by atoms with E-state index in [9.17, 15) is 28.2 Å². The van der Waals surface area contributed by atoms with Crippen LogP contribution in [0.15, 0.2) is 63.7 Å². The van der Waals surface area contributed by atoms with Gasteiger partial charge in [-0.25, -0.2) is 0 Å². The van der Waals surface area contributed by atoms with Gasteiger partial charge in [0.15, 0.2) is 5.69 Å². The Morgan fingerprint density at radius 3 is 2.44 bits per heavy atom. The minimum atomic E-state index is -4.49. The fraction of sp³-hybridized carbons (Fsp3) is 0.0588. The summed E-state index contributed by atoms with van der Waals surface area (Å²) >= 11 is 0. The van der Waals surface area contributed by atoms with Crippen LogP contribution in [-0.2, 0) is 10.1 Å². The molecule has 0 heterocycles. The second kappa shape index (κ2) is 6.74. The van der Waals surface area contributed by atoms with Crippen LogP contribution in [0.5, 0.6) is 5.75 Å². The Labute approximate surface area is 153 Å². The molecule has 3 aromatic carbocycles. The number of hydrogen-bond acceptors (Lipinski definition) is 7. The Hall–Kier alpha value is -3.37. The van der Waals surface area contributed by atoms with E-state index in [-0.39, 0.29) is 38.5 Å². The molecule has 0 radical (unpaired) electrons. The van der Waals surface area contributed by atoms with Crippen molar-refractivity contribution in [3.8, 4) is 5.75 Å². The molecule has 0 saturated carbocycles. The summed E-state index contributed by atoms with van der Waals surface area (Å²) in [5.74, 6) is -0.297. The van der Waals surface area contributed by atoms with Crippen molar-refractivity contribution in [2.45, 2.75) is 11.8 Å². The molecule has 3 rings (SSSR count). The van der Waals surface area contributed by atoms with Gasteiger partial charge < -0.3 is 5.11 Å². The second-order valence-corrected chi connectivity index (χ2v) is 7.10. The first-order valence-electron chi connectivity index (χ1n) is 7.57. The lowest BCUT2D eigenvalue weighted by molar-refractivity contribution is -0.384. The third-order valence-corrected chi connectivity index (χ3v) is 4.75. The van der Waals surface area contributed by atoms with E-state index >= 15 is 0 Å². The van der Waals surface area contributed by atoms with E-state index in [4.69, 9.17) is 0 Å². The quantitative estimate of drug-likeness (QED) is 0.293. The summed E-state index contributed by atoms with van der Waals surface area (Å²) in [6, 6.07) is 10.9. The van der Waals surface area contributed by atoms with Crippen molar-refractivity contribution in [1.82, 2.24) is 0 Å². The number of hydrogen-bond donors (Lipinski definition) is 2. The van der Waals surface area contributed by atoms with Gasteiger partial charge >= 0.3 is 0 Å². The fourth-order valence-corrected chi connectivity index (χ4v) is 3.31. The van der Waals surface area contributed by atoms with Crippen molar-refractivity contribution in [1.29, 1.82) is 0 Å². The van der Waals surface area contributed by atoms with Crippen molar-refractivity contribution < 1.29 is 23.0 Å². The van der Waals surface area contributed by atoms with E-state index in [2.05, 4.69) is 10.2 Å². The highest BCUT2D eigenvalue weighted by Gasteiger charge is 2.18. The highest BCUT2D eigenvalue weighted by molar-refractivity contribution is 7.86. The number of aromatic hydroxyl groups is 1. The Balaban J connectivity index is 2.22. The molecule has 10 heteroatoms. The predicted molar refractivity (Wildman–Crippen MR) is 97.4 cm³/mol. The smallest absolute Gasteiger partial charge is 0.296 e. The summed E-state index contributed by atoms with van der Waals surface area (Å²) in [5, 5.41) is 29.4. The van der Waals surface area contributed by atoms with E-state index < -0.39 is 15.0 Å². The largest absolute Gasteiger partial charge is 0.506 e. The van der Waals surface area contributed by atoms with Crippen molar-refractivity contribution in [2.75, 3.05) is 0 Å². The van der Waals surface area contributed by atoms with Gasteiger partial charge in [-0.2, -0.15) is 8.42 Å². The predicted octanol–water partition coefficient (Wildman–Crippen LogP) is 4.42. The molecule has 0 unspecified atom stereocenters. The molecule has 0 aromatic heterocycles. The highest BCUT2D eigenvalue weighted by atomic mass is 32.2. The number of nitro groups is 1. The van der Waals surface area contributed by atoms with Crippen LogP contribution in [0.1, 0.15) is 5.56 Å². The summed E-state index contributed by atoms with van der Waals surface area (Å²) < 4.78 is 32.5. The number of nitro benzene ring substituents is 1. The van der Waals surface area contributed by atoms with Crippen LogP contribution in [0.2, 0.25) is 0 Å². The maximum absolute atomic E-state index is 11.5. The number of nitrogens with zero attached hydrogens (tertiary/aromatic N) is 3. The van der Waals surface area contributed by atoms with Gasteiger partial charge in [-0.05, 0) is 36.8 Å². The lowest BCUT2D eigenvalue weighted by atomic mass is 10.1. The molecule has 0 saturated heterocycles. The number of azo groups is 1. The Morgan fingerprint density at radius 2 is 1.78 bits per heavy atom. The average molecular weight is 387 g/mol. The van der Waals surface area contributed by atoms with E-state index in [1.54, 1.807) is 13.0 Å². The molecular formula is C17H13N3O6S. The maximum Gasteiger partial charge on any atom is 0.296 e. The van der Waals surface area contributed by atoms with E-state index in [1.165, 1.54) is 42.5 Å². The molecule has 27 heavy (non-hydrogen) atoms. The first kappa shape index (κ1) is 18.4. The van der Waals surface area contributed by atoms with Crippen molar-refractivity contribution >= 4 is 38.0 Å². The van der Waals surface area contributed by atoms with Gasteiger partial charge in [0.05, 0.1) is 4.92 Å². The molecular weight excluding hydrogens is 374 g/mol. The Kier molecular flexibility index (Phi) is 4.60. The molecule has 0 atom stereocenters. The molecule has 0 aliphatic rings. The van der Waals surface area contributed by atoms with Crippen molar-refractivity contribution in [3.63, 3.8) is 0 Å².